The molecule has 1 aliphatic carbocycles. The van der Waals surface area contributed by atoms with Gasteiger partial charge in [0.2, 0.25) is 5.78 Å². The lowest BCUT2D eigenvalue weighted by Gasteiger charge is -2.13. The first-order chi connectivity index (χ1) is 13.0. The van der Waals surface area contributed by atoms with Crippen molar-refractivity contribution in [3.05, 3.63) is 101 Å². The zero-order valence-corrected chi connectivity index (χ0v) is 16.4. The molecule has 134 valence electrons. The van der Waals surface area contributed by atoms with Crippen molar-refractivity contribution in [2.75, 3.05) is 0 Å². The number of rotatable bonds is 4. The predicted molar refractivity (Wildman–Crippen MR) is 112 cm³/mol. The Hall–Kier alpha value is -2.34. The van der Waals surface area contributed by atoms with Gasteiger partial charge in [-0.15, -0.1) is 0 Å². The number of alkyl halides is 2. The van der Waals surface area contributed by atoms with E-state index in [4.69, 9.17) is 0 Å². The summed E-state index contributed by atoms with van der Waals surface area (Å²) >= 11 is 1.84. The van der Waals surface area contributed by atoms with Gasteiger partial charge in [-0.25, -0.2) is 0 Å². The third-order valence-corrected chi connectivity index (χ3v) is 5.65. The summed E-state index contributed by atoms with van der Waals surface area (Å²) in [5.74, 6) is -4.74. The maximum absolute atomic E-state index is 14.6. The van der Waals surface area contributed by atoms with Crippen molar-refractivity contribution in [1.29, 1.82) is 0 Å². The quantitative estimate of drug-likeness (QED) is 0.243. The van der Waals surface area contributed by atoms with Gasteiger partial charge in [-0.1, -0.05) is 66.7 Å². The van der Waals surface area contributed by atoms with Crippen LogP contribution < -0.4 is 0 Å². The van der Waals surface area contributed by atoms with Gasteiger partial charge >= 0.3 is 5.92 Å². The van der Waals surface area contributed by atoms with Crippen LogP contribution in [-0.4, -0.2) is 11.7 Å². The van der Waals surface area contributed by atoms with E-state index in [-0.39, 0.29) is 5.56 Å². The summed E-state index contributed by atoms with van der Waals surface area (Å²) in [6, 6.07) is 21.7. The molecule has 27 heavy (non-hydrogen) atoms. The number of fused-ring (bicyclic) bond motifs is 3. The molecule has 0 fully saturated rings. The van der Waals surface area contributed by atoms with Gasteiger partial charge < -0.3 is 0 Å². The summed E-state index contributed by atoms with van der Waals surface area (Å²) in [7, 11) is 0. The molecule has 4 heteroatoms. The normalized spacial score (nSPS) is 13.2. The van der Waals surface area contributed by atoms with E-state index in [1.54, 1.807) is 36.4 Å². The lowest BCUT2D eigenvalue weighted by atomic mass is 9.98. The maximum atomic E-state index is 14.6. The van der Waals surface area contributed by atoms with E-state index in [2.05, 4.69) is 0 Å². The van der Waals surface area contributed by atoms with E-state index in [1.807, 2.05) is 52.9 Å². The Bertz CT molecular complexity index is 1050. The van der Waals surface area contributed by atoms with E-state index in [0.29, 0.717) is 15.6 Å². The Labute approximate surface area is 169 Å². The average Bonchev–Trinajstić information content (AvgIpc) is 3.05. The molecule has 3 aromatic rings. The van der Waals surface area contributed by atoms with Crippen LogP contribution in [0.2, 0.25) is 0 Å². The summed E-state index contributed by atoms with van der Waals surface area (Å²) in [5.41, 5.74) is 4.90. The fourth-order valence-corrected chi connectivity index (χ4v) is 4.13. The molecule has 1 nitrogen and oxygen atoms in total. The van der Waals surface area contributed by atoms with Gasteiger partial charge in [-0.05, 0) is 62.9 Å². The largest absolute Gasteiger partial charge is 0.329 e. The molecular formula is C23H15F2IO. The second-order valence-corrected chi connectivity index (χ2v) is 7.68. The van der Waals surface area contributed by atoms with Gasteiger partial charge in [0.15, 0.2) is 0 Å². The molecule has 0 atom stereocenters. The predicted octanol–water partition coefficient (Wildman–Crippen LogP) is 6.55. The third kappa shape index (κ3) is 3.46. The minimum absolute atomic E-state index is 0.0417. The molecular weight excluding hydrogens is 457 g/mol. The maximum Gasteiger partial charge on any atom is 0.329 e. The lowest BCUT2D eigenvalue weighted by Crippen LogP contribution is -2.26. The van der Waals surface area contributed by atoms with Crippen LogP contribution in [0.5, 0.6) is 0 Å². The molecule has 1 aliphatic rings. The Balaban J connectivity index is 1.64. The zero-order chi connectivity index (χ0) is 19.0. The number of allylic oxidation sites excluding steroid dienone is 1. The Morgan fingerprint density at radius 1 is 0.852 bits per heavy atom. The van der Waals surface area contributed by atoms with Crippen LogP contribution in [-0.2, 0) is 6.42 Å². The van der Waals surface area contributed by atoms with Gasteiger partial charge in [0.1, 0.15) is 0 Å². The number of hydrogen-bond donors (Lipinski definition) is 0. The highest BCUT2D eigenvalue weighted by atomic mass is 127. The summed E-state index contributed by atoms with van der Waals surface area (Å²) in [6.45, 7) is 0. The molecule has 0 radical (unpaired) electrons. The second-order valence-electron chi connectivity index (χ2n) is 6.52. The van der Waals surface area contributed by atoms with Crippen LogP contribution in [0.4, 0.5) is 8.78 Å². The van der Waals surface area contributed by atoms with Crippen molar-refractivity contribution in [2.24, 2.45) is 0 Å². The monoisotopic (exact) mass is 472 g/mol. The molecule has 0 unspecified atom stereocenters. The van der Waals surface area contributed by atoms with Crippen molar-refractivity contribution < 1.29 is 13.6 Å². The molecule has 0 heterocycles. The standard InChI is InChI=1S/C23H15F2IO/c24-23(25,14-21(26)15-6-2-1-3-7-15)22(27)17-10-11-20-18(13-17)12-16-8-4-5-9-19(16)20/h1-11,13-14H,12H2/b21-14+. The zero-order valence-electron chi connectivity index (χ0n) is 14.3. The Morgan fingerprint density at radius 3 is 2.30 bits per heavy atom. The van der Waals surface area contributed by atoms with Crippen LogP contribution in [0.15, 0.2) is 78.9 Å². The lowest BCUT2D eigenvalue weighted by molar-refractivity contribution is 0.0385. The molecule has 0 amide bonds. The van der Waals surface area contributed by atoms with E-state index in [0.717, 1.165) is 28.3 Å². The van der Waals surface area contributed by atoms with Crippen molar-refractivity contribution >= 4 is 32.0 Å². The average molecular weight is 472 g/mol. The summed E-state index contributed by atoms with van der Waals surface area (Å²) in [4.78, 5) is 12.5. The van der Waals surface area contributed by atoms with Crippen molar-refractivity contribution in [2.45, 2.75) is 12.3 Å². The molecule has 0 aromatic heterocycles. The fraction of sp³-hybridized carbons (Fsp3) is 0.0870. The van der Waals surface area contributed by atoms with Crippen LogP contribution >= 0.6 is 22.6 Å². The number of benzene rings is 3. The smallest absolute Gasteiger partial charge is 0.287 e. The highest BCUT2D eigenvalue weighted by Crippen LogP contribution is 2.38. The van der Waals surface area contributed by atoms with Gasteiger partial charge in [-0.2, -0.15) is 8.78 Å². The third-order valence-electron chi connectivity index (χ3n) is 4.72. The number of halogens is 3. The van der Waals surface area contributed by atoms with Crippen molar-refractivity contribution in [3.8, 4) is 11.1 Å². The number of Topliss-reactive ketones (excluding diaryl/α,β-unsaturated/α-hetero) is 1. The first kappa shape index (κ1) is 18.0. The number of carbonyl (C=O) groups is 1. The topological polar surface area (TPSA) is 17.1 Å². The highest BCUT2D eigenvalue weighted by Gasteiger charge is 2.38. The van der Waals surface area contributed by atoms with Gasteiger partial charge in [0, 0.05) is 15.2 Å². The van der Waals surface area contributed by atoms with Crippen LogP contribution in [0.1, 0.15) is 27.0 Å². The summed E-state index contributed by atoms with van der Waals surface area (Å²) < 4.78 is 29.6. The molecule has 0 N–H and O–H groups in total. The van der Waals surface area contributed by atoms with Gasteiger partial charge in [0.05, 0.1) is 0 Å². The van der Waals surface area contributed by atoms with Crippen LogP contribution in [0.25, 0.3) is 14.7 Å². The number of ketones is 1. The van der Waals surface area contributed by atoms with E-state index >= 15 is 0 Å². The number of hydrogen-bond acceptors (Lipinski definition) is 1. The van der Waals surface area contributed by atoms with Crippen molar-refractivity contribution in [3.63, 3.8) is 0 Å². The first-order valence-corrected chi connectivity index (χ1v) is 9.61. The highest BCUT2D eigenvalue weighted by molar-refractivity contribution is 14.1. The van der Waals surface area contributed by atoms with Crippen LogP contribution in [0.3, 0.4) is 0 Å². The van der Waals surface area contributed by atoms with Crippen molar-refractivity contribution in [1.82, 2.24) is 0 Å². The van der Waals surface area contributed by atoms with Gasteiger partial charge in [-0.3, -0.25) is 4.79 Å². The van der Waals surface area contributed by atoms with Crippen LogP contribution in [0, 0.1) is 0 Å². The molecule has 0 saturated heterocycles. The molecule has 4 rings (SSSR count). The number of carbonyl (C=O) groups excluding carboxylic acids is 1. The minimum atomic E-state index is -3.56. The Kier molecular flexibility index (Phi) is 4.68. The molecule has 3 aromatic carbocycles. The molecule has 0 saturated carbocycles. The van der Waals surface area contributed by atoms with E-state index < -0.39 is 11.7 Å². The fourth-order valence-electron chi connectivity index (χ4n) is 3.38. The second kappa shape index (κ2) is 7.00. The first-order valence-electron chi connectivity index (χ1n) is 8.53. The summed E-state index contributed by atoms with van der Waals surface area (Å²) in [6.07, 6.45) is 1.41. The van der Waals surface area contributed by atoms with Gasteiger partial charge in [0.25, 0.3) is 0 Å². The van der Waals surface area contributed by atoms with E-state index in [1.165, 1.54) is 6.07 Å². The van der Waals surface area contributed by atoms with E-state index in [9.17, 15) is 13.6 Å². The SMILES string of the molecule is O=C(c1ccc2c(c1)Cc1ccccc1-2)C(F)(F)/C=C(/I)c1ccccc1. The molecule has 0 spiro atoms. The molecule has 0 aliphatic heterocycles. The summed E-state index contributed by atoms with van der Waals surface area (Å²) in [5, 5.41) is 0. The molecule has 0 bridgehead atoms. The minimum Gasteiger partial charge on any atom is -0.287 e. The Morgan fingerprint density at radius 2 is 1.52 bits per heavy atom.